The number of aliphatic hydroxyl groups is 6. The fraction of sp³-hybridized carbons (Fsp3) is 0.739. The number of hydrogen-bond acceptors (Lipinski definition) is 9. The van der Waals surface area contributed by atoms with Gasteiger partial charge in [0, 0.05) is 0 Å². The van der Waals surface area contributed by atoms with E-state index in [-0.39, 0.29) is 5.75 Å². The molecule has 9 heteroatoms. The zero-order chi connectivity index (χ0) is 23.7. The predicted octanol–water partition coefficient (Wildman–Crippen LogP) is 0.499. The van der Waals surface area contributed by atoms with E-state index in [4.69, 9.17) is 14.2 Å². The predicted molar refractivity (Wildman–Crippen MR) is 116 cm³/mol. The Morgan fingerprint density at radius 1 is 0.969 bits per heavy atom. The van der Waals surface area contributed by atoms with Crippen molar-refractivity contribution in [2.75, 3.05) is 13.7 Å². The Hall–Kier alpha value is -1.46. The van der Waals surface area contributed by atoms with Crippen molar-refractivity contribution in [2.45, 2.75) is 94.8 Å². The first-order valence-electron chi connectivity index (χ1n) is 11.3. The van der Waals surface area contributed by atoms with Gasteiger partial charge in [0.25, 0.3) is 0 Å². The summed E-state index contributed by atoms with van der Waals surface area (Å²) in [6.07, 6.45) is -2.77. The van der Waals surface area contributed by atoms with E-state index in [1.165, 1.54) is 7.11 Å². The van der Waals surface area contributed by atoms with E-state index in [9.17, 15) is 30.6 Å². The van der Waals surface area contributed by atoms with Gasteiger partial charge in [0.1, 0.15) is 24.4 Å². The number of aryl methyl sites for hydroxylation is 1. The molecule has 0 spiro atoms. The van der Waals surface area contributed by atoms with E-state index in [0.29, 0.717) is 31.4 Å². The first kappa shape index (κ1) is 26.8. The summed E-state index contributed by atoms with van der Waals surface area (Å²) in [7, 11) is 1.46. The molecule has 0 unspecified atom stereocenters. The van der Waals surface area contributed by atoms with Crippen LogP contribution in [0.5, 0.6) is 11.5 Å². The molecular weight excluding hydrogens is 420 g/mol. The van der Waals surface area contributed by atoms with Crippen molar-refractivity contribution in [3.63, 3.8) is 0 Å². The third-order valence-corrected chi connectivity index (χ3v) is 5.77. The lowest BCUT2D eigenvalue weighted by atomic mass is 9.99. The van der Waals surface area contributed by atoms with E-state index in [2.05, 4.69) is 6.92 Å². The lowest BCUT2D eigenvalue weighted by Gasteiger charge is -2.39. The molecule has 0 aromatic heterocycles. The van der Waals surface area contributed by atoms with Gasteiger partial charge in [-0.05, 0) is 43.4 Å². The van der Waals surface area contributed by atoms with Crippen LogP contribution in [-0.4, -0.2) is 87.3 Å². The molecule has 0 aliphatic carbocycles. The van der Waals surface area contributed by atoms with Crippen molar-refractivity contribution in [2.24, 2.45) is 0 Å². The maximum Gasteiger partial charge on any atom is 0.229 e. The Balaban J connectivity index is 1.93. The van der Waals surface area contributed by atoms with Crippen molar-refractivity contribution in [3.05, 3.63) is 23.8 Å². The van der Waals surface area contributed by atoms with Gasteiger partial charge in [0.2, 0.25) is 6.29 Å². The average Bonchev–Trinajstić information content (AvgIpc) is 2.78. The van der Waals surface area contributed by atoms with E-state index in [1.807, 2.05) is 0 Å². The smallest absolute Gasteiger partial charge is 0.229 e. The Morgan fingerprint density at radius 3 is 2.34 bits per heavy atom. The maximum absolute atomic E-state index is 10.2. The highest BCUT2D eigenvalue weighted by molar-refractivity contribution is 5.43. The molecule has 0 radical (unpaired) electrons. The van der Waals surface area contributed by atoms with Gasteiger partial charge in [-0.1, -0.05) is 32.3 Å². The highest BCUT2D eigenvalue weighted by Crippen LogP contribution is 2.32. The average molecular weight is 459 g/mol. The molecule has 1 saturated heterocycles. The van der Waals surface area contributed by atoms with Crippen LogP contribution in [0.15, 0.2) is 18.2 Å². The summed E-state index contributed by atoms with van der Waals surface area (Å²) < 4.78 is 16.4. The molecule has 1 aliphatic heterocycles. The largest absolute Gasteiger partial charge is 0.493 e. The maximum atomic E-state index is 10.2. The molecule has 1 fully saturated rings. The molecule has 6 N–H and O–H groups in total. The number of rotatable bonds is 13. The van der Waals surface area contributed by atoms with Crippen LogP contribution >= 0.6 is 0 Å². The molecule has 9 nitrogen and oxygen atoms in total. The Bertz CT molecular complexity index is 669. The second-order valence-corrected chi connectivity index (χ2v) is 8.38. The number of aliphatic hydroxyl groups excluding tert-OH is 6. The summed E-state index contributed by atoms with van der Waals surface area (Å²) in [6.45, 7) is 1.56. The Kier molecular flexibility index (Phi) is 11.1. The summed E-state index contributed by atoms with van der Waals surface area (Å²) in [5, 5.41) is 59.5. The molecule has 2 rings (SSSR count). The van der Waals surface area contributed by atoms with Crippen LogP contribution in [0.4, 0.5) is 0 Å². The summed E-state index contributed by atoms with van der Waals surface area (Å²) in [6, 6.07) is 5.15. The van der Waals surface area contributed by atoms with Gasteiger partial charge in [-0.15, -0.1) is 0 Å². The van der Waals surface area contributed by atoms with Gasteiger partial charge in [-0.2, -0.15) is 0 Å². The van der Waals surface area contributed by atoms with Crippen LogP contribution in [0.1, 0.15) is 51.0 Å². The van der Waals surface area contributed by atoms with E-state index in [0.717, 1.165) is 24.8 Å². The SMILES string of the molecule is CCCCC[C@H](O)C[C@@H](O)CCc1ccc(O[C@@H]2O[C@H](CO)[C@@H](O)[C@H](O)[C@H]2O)c(OC)c1. The van der Waals surface area contributed by atoms with Crippen LogP contribution in [0, 0.1) is 0 Å². The topological polar surface area (TPSA) is 149 Å². The zero-order valence-electron chi connectivity index (χ0n) is 18.8. The third-order valence-electron chi connectivity index (χ3n) is 5.77. The summed E-state index contributed by atoms with van der Waals surface area (Å²) in [4.78, 5) is 0. The van der Waals surface area contributed by atoms with Crippen LogP contribution in [0.3, 0.4) is 0 Å². The van der Waals surface area contributed by atoms with E-state index in [1.54, 1.807) is 18.2 Å². The Morgan fingerprint density at radius 2 is 1.69 bits per heavy atom. The van der Waals surface area contributed by atoms with Crippen LogP contribution in [0.2, 0.25) is 0 Å². The second kappa shape index (κ2) is 13.3. The van der Waals surface area contributed by atoms with Crippen molar-refractivity contribution in [3.8, 4) is 11.5 Å². The molecule has 1 aliphatic rings. The van der Waals surface area contributed by atoms with Gasteiger partial charge in [0.15, 0.2) is 11.5 Å². The highest BCUT2D eigenvalue weighted by Gasteiger charge is 2.44. The van der Waals surface area contributed by atoms with Gasteiger partial charge in [0.05, 0.1) is 25.9 Å². The number of methoxy groups -OCH3 is 1. The normalized spacial score (nSPS) is 27.7. The van der Waals surface area contributed by atoms with Gasteiger partial charge in [-0.25, -0.2) is 0 Å². The van der Waals surface area contributed by atoms with E-state index >= 15 is 0 Å². The van der Waals surface area contributed by atoms with Crippen LogP contribution in [-0.2, 0) is 11.2 Å². The molecule has 7 atom stereocenters. The summed E-state index contributed by atoms with van der Waals surface area (Å²) in [5.74, 6) is 0.626. The van der Waals surface area contributed by atoms with Crippen molar-refractivity contribution in [1.82, 2.24) is 0 Å². The Labute approximate surface area is 189 Å². The summed E-state index contributed by atoms with van der Waals surface area (Å²) >= 11 is 0. The van der Waals surface area contributed by atoms with Gasteiger partial charge < -0.3 is 44.8 Å². The number of unbranched alkanes of at least 4 members (excludes halogenated alkanes) is 2. The third kappa shape index (κ3) is 7.55. The second-order valence-electron chi connectivity index (χ2n) is 8.38. The van der Waals surface area contributed by atoms with Crippen molar-refractivity contribution >= 4 is 0 Å². The molecule has 0 bridgehead atoms. The molecule has 1 heterocycles. The minimum Gasteiger partial charge on any atom is -0.493 e. The first-order chi connectivity index (χ1) is 15.3. The first-order valence-corrected chi connectivity index (χ1v) is 11.3. The highest BCUT2D eigenvalue weighted by atomic mass is 16.7. The number of benzene rings is 1. The lowest BCUT2D eigenvalue weighted by Crippen LogP contribution is -2.60. The van der Waals surface area contributed by atoms with Gasteiger partial charge >= 0.3 is 0 Å². The van der Waals surface area contributed by atoms with Crippen LogP contribution in [0.25, 0.3) is 0 Å². The fourth-order valence-electron chi connectivity index (χ4n) is 3.77. The minimum atomic E-state index is -1.53. The fourth-order valence-corrected chi connectivity index (χ4v) is 3.77. The number of hydrogen-bond donors (Lipinski definition) is 6. The molecule has 0 saturated carbocycles. The van der Waals surface area contributed by atoms with E-state index < -0.39 is 49.5 Å². The van der Waals surface area contributed by atoms with Crippen molar-refractivity contribution < 1.29 is 44.8 Å². The lowest BCUT2D eigenvalue weighted by molar-refractivity contribution is -0.277. The standard InChI is InChI=1S/C23H38O9/c1-3-4-5-6-15(25)12-16(26)9-7-14-8-10-17(18(11-14)30-2)31-23-22(29)21(28)20(27)19(13-24)32-23/h8,10-11,15-16,19-29H,3-7,9,12-13H2,1-2H3/t15-,16-,19+,20+,21-,22+,23+/m0/s1. The number of ether oxygens (including phenoxy) is 3. The summed E-state index contributed by atoms with van der Waals surface area (Å²) in [5.41, 5.74) is 0.891. The molecule has 1 aromatic rings. The quantitative estimate of drug-likeness (QED) is 0.232. The monoisotopic (exact) mass is 458 g/mol. The van der Waals surface area contributed by atoms with Gasteiger partial charge in [-0.3, -0.25) is 0 Å². The molecule has 1 aromatic carbocycles. The van der Waals surface area contributed by atoms with Crippen LogP contribution < -0.4 is 9.47 Å². The molecule has 0 amide bonds. The zero-order valence-corrected chi connectivity index (χ0v) is 18.8. The molecule has 32 heavy (non-hydrogen) atoms. The van der Waals surface area contributed by atoms with Crippen molar-refractivity contribution in [1.29, 1.82) is 0 Å². The minimum absolute atomic E-state index is 0.257. The molecular formula is C23H38O9. The molecule has 184 valence electrons.